The molecule has 0 atom stereocenters. The lowest BCUT2D eigenvalue weighted by atomic mass is 10.1. The molecule has 4 rings (SSSR count). The van der Waals surface area contributed by atoms with E-state index in [9.17, 15) is 9.59 Å². The molecule has 0 spiro atoms. The predicted octanol–water partition coefficient (Wildman–Crippen LogP) is 3.35. The first kappa shape index (κ1) is 12.8. The summed E-state index contributed by atoms with van der Waals surface area (Å²) in [6.45, 7) is 2.12. The number of ether oxygens (including phenoxy) is 1. The number of carbonyl (C=O) groups excluding carboxylic acids is 2. The van der Waals surface area contributed by atoms with Gasteiger partial charge in [0.25, 0.3) is 0 Å². The van der Waals surface area contributed by atoms with Crippen molar-refractivity contribution in [1.82, 2.24) is 4.57 Å². The Balaban J connectivity index is 1.92. The molecular weight excluding hydrogens is 278 g/mol. The minimum absolute atomic E-state index is 0.0180. The van der Waals surface area contributed by atoms with Crippen molar-refractivity contribution in [3.8, 4) is 5.69 Å². The van der Waals surface area contributed by atoms with Crippen LogP contribution in [0.5, 0.6) is 0 Å². The summed E-state index contributed by atoms with van der Waals surface area (Å²) in [5.41, 5.74) is 3.66. The predicted molar refractivity (Wildman–Crippen MR) is 82.7 cm³/mol. The van der Waals surface area contributed by atoms with Crippen LogP contribution in [0.15, 0.2) is 48.5 Å². The number of esters is 1. The van der Waals surface area contributed by atoms with Crippen molar-refractivity contribution in [2.75, 3.05) is 6.61 Å². The maximum Gasteiger partial charge on any atom is 0.338 e. The summed E-state index contributed by atoms with van der Waals surface area (Å²) >= 11 is 0. The molecule has 0 unspecified atom stereocenters. The van der Waals surface area contributed by atoms with Crippen molar-refractivity contribution >= 4 is 22.7 Å². The number of rotatable bonds is 2. The van der Waals surface area contributed by atoms with E-state index in [1.807, 2.05) is 41.0 Å². The van der Waals surface area contributed by atoms with Crippen LogP contribution in [-0.2, 0) is 4.74 Å². The molecule has 0 fully saturated rings. The molecule has 1 aliphatic heterocycles. The van der Waals surface area contributed by atoms with Gasteiger partial charge in [-0.1, -0.05) is 12.1 Å². The normalized spacial score (nSPS) is 12.3. The zero-order valence-corrected chi connectivity index (χ0v) is 12.0. The average Bonchev–Trinajstić information content (AvgIpc) is 3.04. The molecule has 0 bridgehead atoms. The van der Waals surface area contributed by atoms with Crippen molar-refractivity contribution in [3.63, 3.8) is 0 Å². The first-order valence-electron chi connectivity index (χ1n) is 7.17. The summed E-state index contributed by atoms with van der Waals surface area (Å²) in [5, 5.41) is 0.864. The van der Waals surface area contributed by atoms with Gasteiger partial charge in [-0.15, -0.1) is 0 Å². The van der Waals surface area contributed by atoms with E-state index < -0.39 is 0 Å². The van der Waals surface area contributed by atoms with Crippen LogP contribution < -0.4 is 0 Å². The van der Waals surface area contributed by atoms with Crippen LogP contribution >= 0.6 is 0 Å². The zero-order chi connectivity index (χ0) is 15.3. The van der Waals surface area contributed by atoms with E-state index in [-0.39, 0.29) is 11.8 Å². The molecule has 0 N–H and O–H groups in total. The van der Waals surface area contributed by atoms with Crippen molar-refractivity contribution in [3.05, 3.63) is 65.4 Å². The third-order valence-corrected chi connectivity index (χ3v) is 3.93. The fraction of sp³-hybridized carbons (Fsp3) is 0.111. The Hall–Kier alpha value is -2.88. The molecule has 22 heavy (non-hydrogen) atoms. The van der Waals surface area contributed by atoms with Gasteiger partial charge in [0.05, 0.1) is 29.1 Å². The van der Waals surface area contributed by atoms with Gasteiger partial charge in [-0.05, 0) is 43.3 Å². The first-order chi connectivity index (χ1) is 10.7. The number of ketones is 1. The molecule has 0 saturated carbocycles. The van der Waals surface area contributed by atoms with Gasteiger partial charge in [-0.2, -0.15) is 0 Å². The van der Waals surface area contributed by atoms with Gasteiger partial charge >= 0.3 is 5.97 Å². The van der Waals surface area contributed by atoms with Crippen LogP contribution in [0.3, 0.4) is 0 Å². The maximum absolute atomic E-state index is 12.5. The highest BCUT2D eigenvalue weighted by atomic mass is 16.5. The fourth-order valence-corrected chi connectivity index (χ4v) is 2.98. The molecule has 0 amide bonds. The number of nitrogens with zero attached hydrogens (tertiary/aromatic N) is 1. The van der Waals surface area contributed by atoms with E-state index in [0.29, 0.717) is 23.4 Å². The van der Waals surface area contributed by atoms with E-state index in [4.69, 9.17) is 4.74 Å². The van der Waals surface area contributed by atoms with Gasteiger partial charge in [0, 0.05) is 10.9 Å². The average molecular weight is 291 g/mol. The van der Waals surface area contributed by atoms with Crippen molar-refractivity contribution < 1.29 is 14.3 Å². The molecule has 4 nitrogen and oxygen atoms in total. The molecule has 3 aromatic rings. The van der Waals surface area contributed by atoms with Crippen LogP contribution in [0.25, 0.3) is 16.6 Å². The molecule has 2 heterocycles. The van der Waals surface area contributed by atoms with Gasteiger partial charge in [0.15, 0.2) is 0 Å². The van der Waals surface area contributed by atoms with Gasteiger partial charge in [-0.25, -0.2) is 4.79 Å². The number of carbonyl (C=O) groups is 2. The van der Waals surface area contributed by atoms with Crippen molar-refractivity contribution in [1.29, 1.82) is 0 Å². The van der Waals surface area contributed by atoms with E-state index in [1.54, 1.807) is 19.1 Å². The standard InChI is InChI=1S/C18H13NO3/c1-2-22-18(21)11-7-8-14-12(9-11)10-16-17(20)13-5-3-4-6-15(13)19(14)16/h3-10H,2H2,1H3. The molecule has 108 valence electrons. The Morgan fingerprint density at radius 3 is 2.77 bits per heavy atom. The zero-order valence-electron chi connectivity index (χ0n) is 12.0. The molecular formula is C18H13NO3. The van der Waals surface area contributed by atoms with Crippen LogP contribution in [0, 0.1) is 0 Å². The van der Waals surface area contributed by atoms with Gasteiger partial charge in [0.2, 0.25) is 5.78 Å². The quantitative estimate of drug-likeness (QED) is 0.532. The largest absolute Gasteiger partial charge is 0.462 e. The minimum Gasteiger partial charge on any atom is -0.462 e. The Kier molecular flexibility index (Phi) is 2.66. The van der Waals surface area contributed by atoms with E-state index in [2.05, 4.69) is 0 Å². The number of aromatic nitrogens is 1. The second-order valence-electron chi connectivity index (χ2n) is 5.21. The molecule has 0 saturated heterocycles. The van der Waals surface area contributed by atoms with E-state index in [0.717, 1.165) is 16.6 Å². The van der Waals surface area contributed by atoms with Crippen molar-refractivity contribution in [2.45, 2.75) is 6.92 Å². The summed E-state index contributed by atoms with van der Waals surface area (Å²) in [4.78, 5) is 24.3. The lowest BCUT2D eigenvalue weighted by Gasteiger charge is -2.05. The Morgan fingerprint density at radius 1 is 1.14 bits per heavy atom. The Morgan fingerprint density at radius 2 is 1.95 bits per heavy atom. The van der Waals surface area contributed by atoms with Gasteiger partial charge < -0.3 is 9.30 Å². The smallest absolute Gasteiger partial charge is 0.338 e. The Bertz CT molecular complexity index is 937. The van der Waals surface area contributed by atoms with Crippen LogP contribution in [-0.4, -0.2) is 22.9 Å². The maximum atomic E-state index is 12.5. The van der Waals surface area contributed by atoms with Crippen LogP contribution in [0.1, 0.15) is 33.3 Å². The molecule has 0 radical (unpaired) electrons. The lowest BCUT2D eigenvalue weighted by molar-refractivity contribution is 0.0526. The summed E-state index contributed by atoms with van der Waals surface area (Å²) in [6.07, 6.45) is 0. The SMILES string of the molecule is CCOC(=O)c1ccc2c(c1)cc1n2-c2ccccc2C1=O. The highest BCUT2D eigenvalue weighted by Gasteiger charge is 2.28. The number of hydrogen-bond acceptors (Lipinski definition) is 3. The third kappa shape index (κ3) is 1.64. The minimum atomic E-state index is -0.345. The topological polar surface area (TPSA) is 48.3 Å². The molecule has 1 aliphatic rings. The molecule has 1 aromatic heterocycles. The number of fused-ring (bicyclic) bond motifs is 5. The summed E-state index contributed by atoms with van der Waals surface area (Å²) in [7, 11) is 0. The van der Waals surface area contributed by atoms with E-state index in [1.165, 1.54) is 0 Å². The second kappa shape index (κ2) is 4.56. The second-order valence-corrected chi connectivity index (χ2v) is 5.21. The van der Waals surface area contributed by atoms with Crippen LogP contribution in [0.2, 0.25) is 0 Å². The highest BCUT2D eigenvalue weighted by molar-refractivity contribution is 6.17. The third-order valence-electron chi connectivity index (χ3n) is 3.93. The van der Waals surface area contributed by atoms with Gasteiger partial charge in [0.1, 0.15) is 0 Å². The molecule has 0 aliphatic carbocycles. The first-order valence-corrected chi connectivity index (χ1v) is 7.17. The summed E-state index contributed by atoms with van der Waals surface area (Å²) < 4.78 is 6.97. The molecule has 2 aromatic carbocycles. The van der Waals surface area contributed by atoms with Crippen LogP contribution in [0.4, 0.5) is 0 Å². The van der Waals surface area contributed by atoms with Gasteiger partial charge in [-0.3, -0.25) is 4.79 Å². The summed E-state index contributed by atoms with van der Waals surface area (Å²) in [5.74, 6) is -0.327. The monoisotopic (exact) mass is 291 g/mol. The fourth-order valence-electron chi connectivity index (χ4n) is 2.98. The number of para-hydroxylation sites is 1. The number of hydrogen-bond donors (Lipinski definition) is 0. The highest BCUT2D eigenvalue weighted by Crippen LogP contribution is 2.34. The van der Waals surface area contributed by atoms with E-state index >= 15 is 0 Å². The summed E-state index contributed by atoms with van der Waals surface area (Å²) in [6, 6.07) is 14.8. The number of benzene rings is 2. The lowest BCUT2D eigenvalue weighted by Crippen LogP contribution is -2.04. The molecule has 4 heteroatoms. The van der Waals surface area contributed by atoms with Crippen molar-refractivity contribution in [2.24, 2.45) is 0 Å². The Labute approximate surface area is 126 Å².